The van der Waals surface area contributed by atoms with Crippen molar-refractivity contribution >= 4 is 21.6 Å². The van der Waals surface area contributed by atoms with Crippen LogP contribution in [0.5, 0.6) is 5.75 Å². The van der Waals surface area contributed by atoms with Crippen molar-refractivity contribution in [3.63, 3.8) is 0 Å². The second kappa shape index (κ2) is 3.87. The summed E-state index contributed by atoms with van der Waals surface area (Å²) in [5.74, 6) is -0.279. The molecular formula is C7H7BrF2N2O. The lowest BCUT2D eigenvalue weighted by atomic mass is 10.2. The molecule has 0 saturated heterocycles. The molecule has 3 nitrogen and oxygen atoms in total. The van der Waals surface area contributed by atoms with Crippen LogP contribution in [0, 0.1) is 0 Å². The summed E-state index contributed by atoms with van der Waals surface area (Å²) in [6.07, 6.45) is -1.77. The molecule has 3 N–H and O–H groups in total. The number of aromatic nitrogens is 1. The minimum absolute atomic E-state index is 0.0535. The number of pyridine rings is 1. The molecule has 0 aliphatic carbocycles. The van der Waals surface area contributed by atoms with Crippen molar-refractivity contribution in [3.05, 3.63) is 17.5 Å². The van der Waals surface area contributed by atoms with Gasteiger partial charge in [0.1, 0.15) is 5.69 Å². The highest BCUT2D eigenvalue weighted by Gasteiger charge is 2.18. The van der Waals surface area contributed by atoms with Crippen molar-refractivity contribution in [2.75, 3.05) is 5.73 Å². The molecule has 0 unspecified atom stereocenters. The van der Waals surface area contributed by atoms with Crippen LogP contribution in [0.1, 0.15) is 17.7 Å². The van der Waals surface area contributed by atoms with Crippen LogP contribution >= 0.6 is 15.9 Å². The Bertz CT molecular complexity index is 320. The molecule has 0 aromatic carbocycles. The van der Waals surface area contributed by atoms with E-state index < -0.39 is 12.1 Å². The molecule has 0 radical (unpaired) electrons. The van der Waals surface area contributed by atoms with E-state index in [2.05, 4.69) is 20.9 Å². The van der Waals surface area contributed by atoms with Crippen molar-refractivity contribution in [2.24, 2.45) is 0 Å². The lowest BCUT2D eigenvalue weighted by Crippen LogP contribution is -2.01. The van der Waals surface area contributed by atoms with Crippen LogP contribution in [0.3, 0.4) is 0 Å². The molecule has 0 aliphatic rings. The molecule has 0 aliphatic heterocycles. The second-order valence-corrected chi connectivity index (χ2v) is 2.92. The third-order valence-electron chi connectivity index (χ3n) is 1.58. The molecule has 0 saturated carbocycles. The number of aromatic hydroxyl groups is 1. The highest BCUT2D eigenvalue weighted by Crippen LogP contribution is 2.31. The number of nitrogens with two attached hydrogens (primary N) is 1. The normalized spacial score (nSPS) is 10.8. The van der Waals surface area contributed by atoms with Gasteiger partial charge in [-0.05, 0) is 0 Å². The van der Waals surface area contributed by atoms with Gasteiger partial charge in [0.05, 0.1) is 11.9 Å². The Labute approximate surface area is 81.7 Å². The summed E-state index contributed by atoms with van der Waals surface area (Å²) in [6, 6.07) is 0. The van der Waals surface area contributed by atoms with Gasteiger partial charge < -0.3 is 10.8 Å². The Morgan fingerprint density at radius 3 is 2.69 bits per heavy atom. The van der Waals surface area contributed by atoms with E-state index in [-0.39, 0.29) is 22.3 Å². The predicted molar refractivity (Wildman–Crippen MR) is 47.9 cm³/mol. The number of alkyl halides is 3. The molecule has 0 atom stereocenters. The van der Waals surface area contributed by atoms with Gasteiger partial charge in [-0.3, -0.25) is 4.98 Å². The van der Waals surface area contributed by atoms with Crippen molar-refractivity contribution < 1.29 is 13.9 Å². The maximum Gasteiger partial charge on any atom is 0.280 e. The minimum Gasteiger partial charge on any atom is -0.504 e. The standard InChI is InChI=1S/C7H7BrF2N2O/c8-1-3-5(11)4(13)2-12-6(3)7(9)10/h2,7,13H,1H2,(H2,11,12). The molecular weight excluding hydrogens is 246 g/mol. The smallest absolute Gasteiger partial charge is 0.280 e. The van der Waals surface area contributed by atoms with E-state index in [0.29, 0.717) is 0 Å². The van der Waals surface area contributed by atoms with Gasteiger partial charge in [0.15, 0.2) is 5.75 Å². The number of rotatable bonds is 2. The third kappa shape index (κ3) is 1.88. The Kier molecular flexibility index (Phi) is 3.02. The minimum atomic E-state index is -2.68. The number of nitrogens with zero attached hydrogens (tertiary/aromatic N) is 1. The van der Waals surface area contributed by atoms with E-state index in [1.165, 1.54) is 0 Å². The molecule has 13 heavy (non-hydrogen) atoms. The van der Waals surface area contributed by atoms with Crippen LogP contribution in [-0.2, 0) is 5.33 Å². The van der Waals surface area contributed by atoms with Gasteiger partial charge in [-0.25, -0.2) is 8.78 Å². The highest BCUT2D eigenvalue weighted by atomic mass is 79.9. The zero-order valence-corrected chi connectivity index (χ0v) is 8.05. The molecule has 1 rings (SSSR count). The Hall–Kier alpha value is -0.910. The zero-order valence-electron chi connectivity index (χ0n) is 6.47. The molecule has 0 bridgehead atoms. The lowest BCUT2D eigenvalue weighted by molar-refractivity contribution is 0.145. The fraction of sp³-hybridized carbons (Fsp3) is 0.286. The van der Waals surface area contributed by atoms with Gasteiger partial charge in [0.2, 0.25) is 0 Å². The predicted octanol–water partition coefficient (Wildman–Crippen LogP) is 2.20. The molecule has 0 fully saturated rings. The first-order valence-corrected chi connectivity index (χ1v) is 4.50. The number of hydrogen-bond donors (Lipinski definition) is 2. The SMILES string of the molecule is Nc1c(O)cnc(C(F)F)c1CBr. The summed E-state index contributed by atoms with van der Waals surface area (Å²) in [6.45, 7) is 0. The Balaban J connectivity index is 3.30. The average molecular weight is 253 g/mol. The van der Waals surface area contributed by atoms with Crippen LogP contribution in [0.2, 0.25) is 0 Å². The van der Waals surface area contributed by atoms with Crippen molar-refractivity contribution in [1.29, 1.82) is 0 Å². The summed E-state index contributed by atoms with van der Waals surface area (Å²) in [5.41, 5.74) is 5.06. The van der Waals surface area contributed by atoms with E-state index in [0.717, 1.165) is 6.20 Å². The van der Waals surface area contributed by atoms with Gasteiger partial charge in [0, 0.05) is 10.9 Å². The summed E-state index contributed by atoms with van der Waals surface area (Å²) in [7, 11) is 0. The molecule has 1 aromatic heterocycles. The molecule has 72 valence electrons. The van der Waals surface area contributed by atoms with E-state index in [9.17, 15) is 8.78 Å². The first-order chi connectivity index (χ1) is 6.07. The molecule has 0 amide bonds. The topological polar surface area (TPSA) is 59.1 Å². The Morgan fingerprint density at radius 2 is 2.23 bits per heavy atom. The van der Waals surface area contributed by atoms with E-state index in [1.807, 2.05) is 0 Å². The number of anilines is 1. The largest absolute Gasteiger partial charge is 0.504 e. The molecule has 6 heteroatoms. The first-order valence-electron chi connectivity index (χ1n) is 3.38. The zero-order chi connectivity index (χ0) is 10.0. The van der Waals surface area contributed by atoms with E-state index in [1.54, 1.807) is 0 Å². The fourth-order valence-corrected chi connectivity index (χ4v) is 1.49. The van der Waals surface area contributed by atoms with Crippen LogP contribution in [-0.4, -0.2) is 10.1 Å². The maximum atomic E-state index is 12.3. The van der Waals surface area contributed by atoms with Gasteiger partial charge >= 0.3 is 0 Å². The molecule has 1 aromatic rings. The van der Waals surface area contributed by atoms with Gasteiger partial charge in [-0.1, -0.05) is 15.9 Å². The number of hydrogen-bond acceptors (Lipinski definition) is 3. The Morgan fingerprint density at radius 1 is 1.62 bits per heavy atom. The summed E-state index contributed by atoms with van der Waals surface area (Å²) >= 11 is 3.00. The summed E-state index contributed by atoms with van der Waals surface area (Å²) in [5, 5.41) is 9.22. The monoisotopic (exact) mass is 252 g/mol. The third-order valence-corrected chi connectivity index (χ3v) is 2.14. The lowest BCUT2D eigenvalue weighted by Gasteiger charge is -2.09. The summed E-state index contributed by atoms with van der Waals surface area (Å²) in [4.78, 5) is 3.40. The number of nitrogen functional groups attached to an aromatic ring is 1. The quantitative estimate of drug-likeness (QED) is 0.794. The number of halogens is 3. The van der Waals surface area contributed by atoms with Gasteiger partial charge in [-0.2, -0.15) is 0 Å². The van der Waals surface area contributed by atoms with E-state index in [4.69, 9.17) is 10.8 Å². The first kappa shape index (κ1) is 10.2. The van der Waals surface area contributed by atoms with Crippen LogP contribution in [0.25, 0.3) is 0 Å². The van der Waals surface area contributed by atoms with Crippen molar-refractivity contribution in [2.45, 2.75) is 11.8 Å². The fourth-order valence-electron chi connectivity index (χ4n) is 0.899. The molecule has 0 spiro atoms. The second-order valence-electron chi connectivity index (χ2n) is 2.36. The average Bonchev–Trinajstić information content (AvgIpc) is 2.09. The summed E-state index contributed by atoms with van der Waals surface area (Å²) < 4.78 is 24.6. The van der Waals surface area contributed by atoms with Crippen molar-refractivity contribution in [3.8, 4) is 5.75 Å². The molecule has 1 heterocycles. The van der Waals surface area contributed by atoms with Crippen molar-refractivity contribution in [1.82, 2.24) is 4.98 Å². The highest BCUT2D eigenvalue weighted by molar-refractivity contribution is 9.08. The van der Waals surface area contributed by atoms with Gasteiger partial charge in [-0.15, -0.1) is 0 Å². The van der Waals surface area contributed by atoms with Gasteiger partial charge in [0.25, 0.3) is 6.43 Å². The van der Waals surface area contributed by atoms with E-state index >= 15 is 0 Å². The maximum absolute atomic E-state index is 12.3. The van der Waals surface area contributed by atoms with Crippen LogP contribution in [0.15, 0.2) is 6.20 Å². The van der Waals surface area contributed by atoms with Crippen LogP contribution < -0.4 is 5.73 Å². The van der Waals surface area contributed by atoms with Crippen LogP contribution in [0.4, 0.5) is 14.5 Å².